The van der Waals surface area contributed by atoms with Crippen LogP contribution < -0.4 is 0 Å². The summed E-state index contributed by atoms with van der Waals surface area (Å²) in [5.41, 5.74) is 2.72. The van der Waals surface area contributed by atoms with Gasteiger partial charge in [-0.15, -0.1) is 12.3 Å². The quantitative estimate of drug-likeness (QED) is 0.373. The van der Waals surface area contributed by atoms with Gasteiger partial charge in [0.1, 0.15) is 6.61 Å². The zero-order valence-electron chi connectivity index (χ0n) is 10.2. The molecule has 0 saturated heterocycles. The minimum absolute atomic E-state index is 0.0620. The smallest absolute Gasteiger partial charge is 0.302 e. The monoisotopic (exact) mass is 220 g/mol. The predicted octanol–water partition coefficient (Wildman–Crippen LogP) is 3.42. The van der Waals surface area contributed by atoms with Crippen LogP contribution in [-0.2, 0) is 9.53 Å². The van der Waals surface area contributed by atoms with E-state index in [9.17, 15) is 4.79 Å². The Balaban J connectivity index is 3.91. The molecule has 0 aliphatic carbocycles. The van der Waals surface area contributed by atoms with Crippen LogP contribution >= 0.6 is 0 Å². The number of rotatable bonds is 7. The Kier molecular flexibility index (Phi) is 6.98. The molecule has 2 nitrogen and oxygen atoms in total. The molecule has 0 amide bonds. The number of esters is 1. The molecule has 0 rings (SSSR count). The number of allylic oxidation sites excluding steroid dienone is 3. The number of ether oxygens (including phenoxy) is 1. The summed E-state index contributed by atoms with van der Waals surface area (Å²) in [6.07, 6.45) is 9.51. The first-order valence-corrected chi connectivity index (χ1v) is 5.33. The Morgan fingerprint density at radius 2 is 2.19 bits per heavy atom. The van der Waals surface area contributed by atoms with Crippen molar-refractivity contribution < 1.29 is 9.53 Å². The van der Waals surface area contributed by atoms with E-state index in [1.807, 2.05) is 24.3 Å². The van der Waals surface area contributed by atoms with Crippen molar-refractivity contribution in [2.45, 2.75) is 26.7 Å². The van der Waals surface area contributed by atoms with Crippen LogP contribution in [-0.4, -0.2) is 12.6 Å². The van der Waals surface area contributed by atoms with Gasteiger partial charge in [0.2, 0.25) is 0 Å². The van der Waals surface area contributed by atoms with E-state index in [-0.39, 0.29) is 11.4 Å². The molecule has 1 atom stereocenters. The van der Waals surface area contributed by atoms with Gasteiger partial charge in [-0.3, -0.25) is 4.79 Å². The van der Waals surface area contributed by atoms with Crippen LogP contribution in [0.1, 0.15) is 26.7 Å². The molecule has 0 radical (unpaired) electrons. The number of hydrogen-bond acceptors (Lipinski definition) is 2. The van der Waals surface area contributed by atoms with Gasteiger partial charge in [0.25, 0.3) is 0 Å². The summed E-state index contributed by atoms with van der Waals surface area (Å²) in [5.74, 6) is -0.254. The zero-order chi connectivity index (χ0) is 12.4. The summed E-state index contributed by atoms with van der Waals surface area (Å²) in [6.45, 7) is 11.2. The van der Waals surface area contributed by atoms with Gasteiger partial charge in [-0.25, -0.2) is 0 Å². The van der Waals surface area contributed by atoms with E-state index in [1.54, 1.807) is 0 Å². The summed E-state index contributed by atoms with van der Waals surface area (Å²) in [7, 11) is 0. The molecule has 1 unspecified atom stereocenters. The van der Waals surface area contributed by atoms with Crippen molar-refractivity contribution in [2.75, 3.05) is 6.61 Å². The van der Waals surface area contributed by atoms with Crippen LogP contribution in [0, 0.1) is 5.41 Å². The molecule has 0 saturated carbocycles. The average molecular weight is 220 g/mol. The SMILES string of the molecule is C=C=CC(C)(C=C)CC/C=C/COC(C)=O. The van der Waals surface area contributed by atoms with E-state index < -0.39 is 0 Å². The summed E-state index contributed by atoms with van der Waals surface area (Å²) in [4.78, 5) is 10.5. The summed E-state index contributed by atoms with van der Waals surface area (Å²) >= 11 is 0. The van der Waals surface area contributed by atoms with E-state index in [2.05, 4.69) is 25.8 Å². The summed E-state index contributed by atoms with van der Waals surface area (Å²) in [6, 6.07) is 0. The number of carbonyl (C=O) groups is 1. The summed E-state index contributed by atoms with van der Waals surface area (Å²) < 4.78 is 4.77. The highest BCUT2D eigenvalue weighted by molar-refractivity contribution is 5.65. The van der Waals surface area contributed by atoms with Gasteiger partial charge >= 0.3 is 5.97 Å². The first-order chi connectivity index (χ1) is 7.54. The lowest BCUT2D eigenvalue weighted by atomic mass is 9.85. The molecule has 0 fully saturated rings. The number of carbonyl (C=O) groups excluding carboxylic acids is 1. The van der Waals surface area contributed by atoms with Crippen LogP contribution in [0.3, 0.4) is 0 Å². The first kappa shape index (κ1) is 14.5. The van der Waals surface area contributed by atoms with Gasteiger partial charge < -0.3 is 4.74 Å². The van der Waals surface area contributed by atoms with Crippen LogP contribution in [0.2, 0.25) is 0 Å². The van der Waals surface area contributed by atoms with E-state index in [1.165, 1.54) is 6.92 Å². The molecule has 0 aromatic carbocycles. The van der Waals surface area contributed by atoms with Crippen molar-refractivity contribution >= 4 is 5.97 Å². The molecule has 0 aliphatic rings. The van der Waals surface area contributed by atoms with Gasteiger partial charge in [0.15, 0.2) is 0 Å². The van der Waals surface area contributed by atoms with Crippen molar-refractivity contribution in [3.8, 4) is 0 Å². The highest BCUT2D eigenvalue weighted by Crippen LogP contribution is 2.25. The Bertz CT molecular complexity index is 309. The van der Waals surface area contributed by atoms with Crippen LogP contribution in [0.5, 0.6) is 0 Å². The van der Waals surface area contributed by atoms with E-state index in [0.717, 1.165) is 12.8 Å². The lowest BCUT2D eigenvalue weighted by Gasteiger charge is -2.18. The maximum Gasteiger partial charge on any atom is 0.302 e. The van der Waals surface area contributed by atoms with Gasteiger partial charge in [0, 0.05) is 12.3 Å². The second-order valence-corrected chi connectivity index (χ2v) is 3.87. The molecule has 0 bridgehead atoms. The Morgan fingerprint density at radius 1 is 1.50 bits per heavy atom. The largest absolute Gasteiger partial charge is 0.462 e. The predicted molar refractivity (Wildman–Crippen MR) is 67.0 cm³/mol. The third-order valence-electron chi connectivity index (χ3n) is 2.30. The molecule has 0 aromatic rings. The molecule has 0 aromatic heterocycles. The fourth-order valence-electron chi connectivity index (χ4n) is 1.21. The maximum absolute atomic E-state index is 10.5. The van der Waals surface area contributed by atoms with E-state index in [0.29, 0.717) is 6.61 Å². The average Bonchev–Trinajstić information content (AvgIpc) is 2.23. The molecular weight excluding hydrogens is 200 g/mol. The van der Waals surface area contributed by atoms with Crippen LogP contribution in [0.25, 0.3) is 0 Å². The molecule has 0 N–H and O–H groups in total. The topological polar surface area (TPSA) is 26.3 Å². The van der Waals surface area contributed by atoms with Gasteiger partial charge in [0.05, 0.1) is 0 Å². The Hall–Kier alpha value is -1.53. The zero-order valence-corrected chi connectivity index (χ0v) is 10.2. The van der Waals surface area contributed by atoms with Gasteiger partial charge in [-0.1, -0.05) is 31.7 Å². The normalized spacial score (nSPS) is 13.9. The van der Waals surface area contributed by atoms with Crippen LogP contribution in [0.15, 0.2) is 43.2 Å². The third kappa shape index (κ3) is 6.86. The highest BCUT2D eigenvalue weighted by Gasteiger charge is 2.14. The van der Waals surface area contributed by atoms with Crippen molar-refractivity contribution in [3.63, 3.8) is 0 Å². The maximum atomic E-state index is 10.5. The highest BCUT2D eigenvalue weighted by atomic mass is 16.5. The van der Waals surface area contributed by atoms with E-state index in [4.69, 9.17) is 4.74 Å². The second-order valence-electron chi connectivity index (χ2n) is 3.87. The lowest BCUT2D eigenvalue weighted by molar-refractivity contribution is -0.139. The molecule has 0 heterocycles. The molecule has 2 heteroatoms. The van der Waals surface area contributed by atoms with Crippen molar-refractivity contribution in [2.24, 2.45) is 5.41 Å². The Morgan fingerprint density at radius 3 is 2.69 bits per heavy atom. The summed E-state index contributed by atoms with van der Waals surface area (Å²) in [5, 5.41) is 0. The minimum atomic E-state index is -0.254. The molecule has 88 valence electrons. The molecular formula is C14H20O2. The van der Waals surface area contributed by atoms with Crippen molar-refractivity contribution in [3.05, 3.63) is 43.2 Å². The van der Waals surface area contributed by atoms with Crippen LogP contribution in [0.4, 0.5) is 0 Å². The van der Waals surface area contributed by atoms with Gasteiger partial charge in [-0.05, 0) is 18.9 Å². The Labute approximate surface area is 98.0 Å². The fourth-order valence-corrected chi connectivity index (χ4v) is 1.21. The van der Waals surface area contributed by atoms with Crippen molar-refractivity contribution in [1.82, 2.24) is 0 Å². The van der Waals surface area contributed by atoms with Crippen molar-refractivity contribution in [1.29, 1.82) is 0 Å². The fraction of sp³-hybridized carbons (Fsp3) is 0.429. The minimum Gasteiger partial charge on any atom is -0.462 e. The second kappa shape index (κ2) is 7.72. The molecule has 0 aliphatic heterocycles. The van der Waals surface area contributed by atoms with Gasteiger partial charge in [-0.2, -0.15) is 0 Å². The molecule has 16 heavy (non-hydrogen) atoms. The lowest BCUT2D eigenvalue weighted by Crippen LogP contribution is -2.07. The van der Waals surface area contributed by atoms with E-state index >= 15 is 0 Å². The standard InChI is InChI=1S/C14H20O2/c1-5-10-14(4,6-2)11-8-7-9-12-16-13(3)15/h6-7,9-10H,1-2,8,11-12H2,3-4H3/b9-7+. The first-order valence-electron chi connectivity index (χ1n) is 5.33. The third-order valence-corrected chi connectivity index (χ3v) is 2.30. The number of hydrogen-bond donors (Lipinski definition) is 0. The molecule has 0 spiro atoms.